The maximum absolute atomic E-state index is 12.2. The summed E-state index contributed by atoms with van der Waals surface area (Å²) in [5, 5.41) is 9.57. The van der Waals surface area contributed by atoms with Gasteiger partial charge in [-0.2, -0.15) is 5.10 Å². The molecule has 0 fully saturated rings. The van der Waals surface area contributed by atoms with Crippen LogP contribution in [-0.2, 0) is 11.3 Å². The molecule has 2 aromatic rings. The van der Waals surface area contributed by atoms with Crippen LogP contribution in [0.5, 0.6) is 5.75 Å². The maximum atomic E-state index is 12.2. The number of anilines is 1. The van der Waals surface area contributed by atoms with Gasteiger partial charge in [0.15, 0.2) is 0 Å². The summed E-state index contributed by atoms with van der Waals surface area (Å²) < 4.78 is 6.49. The highest BCUT2D eigenvalue weighted by Gasteiger charge is 2.11. The summed E-state index contributed by atoms with van der Waals surface area (Å²) in [5.74, 6) is -0.0335. The number of likely N-dealkylation sites (N-methyl/N-ethyl adjacent to an activating group) is 1. The van der Waals surface area contributed by atoms with Crippen LogP contribution in [-0.4, -0.2) is 35.8 Å². The first-order valence-electron chi connectivity index (χ1n) is 6.41. The summed E-state index contributed by atoms with van der Waals surface area (Å²) in [5.41, 5.74) is 0.844. The van der Waals surface area contributed by atoms with Crippen LogP contribution in [0.15, 0.2) is 30.6 Å². The number of carbonyl (C=O) groups is 2. The quantitative estimate of drug-likeness (QED) is 0.874. The second kappa shape index (κ2) is 6.95. The standard InChI is InChI=1S/C14H15ClN4O3/c1-16-13(20)8-19-7-11(6-17-19)18-14(21)9-3-10(15)5-12(4-9)22-2/h3-7H,8H2,1-2H3,(H,16,20)(H,18,21). The number of aromatic nitrogens is 2. The Balaban J connectivity index is 2.09. The molecule has 0 aliphatic rings. The fourth-order valence-electron chi connectivity index (χ4n) is 1.76. The Kier molecular flexibility index (Phi) is 5.00. The smallest absolute Gasteiger partial charge is 0.255 e. The molecular formula is C14H15ClN4O3. The lowest BCUT2D eigenvalue weighted by molar-refractivity contribution is -0.121. The third-order valence-electron chi connectivity index (χ3n) is 2.84. The topological polar surface area (TPSA) is 85.2 Å². The van der Waals surface area contributed by atoms with Crippen molar-refractivity contribution in [1.82, 2.24) is 15.1 Å². The van der Waals surface area contributed by atoms with Crippen molar-refractivity contribution < 1.29 is 14.3 Å². The highest BCUT2D eigenvalue weighted by Crippen LogP contribution is 2.21. The van der Waals surface area contributed by atoms with Crippen molar-refractivity contribution in [2.75, 3.05) is 19.5 Å². The minimum absolute atomic E-state index is 0.0807. The molecule has 0 aliphatic heterocycles. The highest BCUT2D eigenvalue weighted by atomic mass is 35.5. The van der Waals surface area contributed by atoms with E-state index in [4.69, 9.17) is 16.3 Å². The molecule has 0 bridgehead atoms. The van der Waals surface area contributed by atoms with Gasteiger partial charge in [-0.05, 0) is 18.2 Å². The van der Waals surface area contributed by atoms with Gasteiger partial charge in [0.05, 0.1) is 19.0 Å². The molecule has 1 aromatic carbocycles. The molecule has 0 saturated heterocycles. The average Bonchev–Trinajstić information content (AvgIpc) is 2.93. The first-order chi connectivity index (χ1) is 10.5. The second-order valence-electron chi connectivity index (χ2n) is 4.43. The number of nitrogens with zero attached hydrogens (tertiary/aromatic N) is 2. The normalized spacial score (nSPS) is 10.1. The van der Waals surface area contributed by atoms with E-state index in [0.29, 0.717) is 22.0 Å². The van der Waals surface area contributed by atoms with Gasteiger partial charge in [0.1, 0.15) is 12.3 Å². The number of hydrogen-bond acceptors (Lipinski definition) is 4. The van der Waals surface area contributed by atoms with Gasteiger partial charge >= 0.3 is 0 Å². The minimum atomic E-state index is -0.347. The van der Waals surface area contributed by atoms with Crippen molar-refractivity contribution in [2.45, 2.75) is 6.54 Å². The summed E-state index contributed by atoms with van der Waals surface area (Å²) in [4.78, 5) is 23.4. The summed E-state index contributed by atoms with van der Waals surface area (Å²) in [6, 6.07) is 4.73. The van der Waals surface area contributed by atoms with Crippen molar-refractivity contribution >= 4 is 29.1 Å². The molecule has 0 radical (unpaired) electrons. The number of rotatable bonds is 5. The molecule has 2 amide bonds. The van der Waals surface area contributed by atoms with E-state index in [9.17, 15) is 9.59 Å². The van der Waals surface area contributed by atoms with E-state index in [1.165, 1.54) is 24.1 Å². The van der Waals surface area contributed by atoms with Gasteiger partial charge in [0.2, 0.25) is 5.91 Å². The Morgan fingerprint density at radius 2 is 2.14 bits per heavy atom. The van der Waals surface area contributed by atoms with E-state index in [2.05, 4.69) is 15.7 Å². The van der Waals surface area contributed by atoms with Crippen LogP contribution >= 0.6 is 11.6 Å². The molecular weight excluding hydrogens is 308 g/mol. The van der Waals surface area contributed by atoms with Gasteiger partial charge in [-0.1, -0.05) is 11.6 Å². The van der Waals surface area contributed by atoms with Crippen molar-refractivity contribution in [3.63, 3.8) is 0 Å². The Hall–Kier alpha value is -2.54. The zero-order chi connectivity index (χ0) is 16.1. The molecule has 0 spiro atoms. The van der Waals surface area contributed by atoms with Gasteiger partial charge in [0.25, 0.3) is 5.91 Å². The predicted molar refractivity (Wildman–Crippen MR) is 82.3 cm³/mol. The van der Waals surface area contributed by atoms with Crippen LogP contribution in [0, 0.1) is 0 Å². The van der Waals surface area contributed by atoms with E-state index in [0.717, 1.165) is 0 Å². The lowest BCUT2D eigenvalue weighted by Gasteiger charge is -2.06. The van der Waals surface area contributed by atoms with Crippen LogP contribution in [0.25, 0.3) is 0 Å². The molecule has 0 saturated carbocycles. The van der Waals surface area contributed by atoms with E-state index < -0.39 is 0 Å². The third-order valence-corrected chi connectivity index (χ3v) is 3.06. The van der Waals surface area contributed by atoms with Crippen LogP contribution in [0.3, 0.4) is 0 Å². The van der Waals surface area contributed by atoms with Gasteiger partial charge in [-0.3, -0.25) is 14.3 Å². The first-order valence-corrected chi connectivity index (χ1v) is 6.78. The Morgan fingerprint density at radius 1 is 1.36 bits per heavy atom. The Bertz CT molecular complexity index is 699. The number of nitrogens with one attached hydrogen (secondary N) is 2. The molecule has 0 aliphatic carbocycles. The number of methoxy groups -OCH3 is 1. The van der Waals surface area contributed by atoms with E-state index in [-0.39, 0.29) is 18.4 Å². The van der Waals surface area contributed by atoms with Crippen molar-refractivity contribution in [2.24, 2.45) is 0 Å². The molecule has 8 heteroatoms. The lowest BCUT2D eigenvalue weighted by atomic mass is 10.2. The molecule has 116 valence electrons. The predicted octanol–water partition coefficient (Wildman–Crippen LogP) is 1.54. The number of amides is 2. The Morgan fingerprint density at radius 3 is 2.82 bits per heavy atom. The van der Waals surface area contributed by atoms with E-state index in [1.54, 1.807) is 25.4 Å². The van der Waals surface area contributed by atoms with Crippen molar-refractivity contribution in [3.8, 4) is 5.75 Å². The maximum Gasteiger partial charge on any atom is 0.255 e. The largest absolute Gasteiger partial charge is 0.497 e. The van der Waals surface area contributed by atoms with Crippen LogP contribution in [0.2, 0.25) is 5.02 Å². The van der Waals surface area contributed by atoms with Gasteiger partial charge in [-0.25, -0.2) is 0 Å². The van der Waals surface area contributed by atoms with Gasteiger partial charge < -0.3 is 15.4 Å². The molecule has 2 N–H and O–H groups in total. The second-order valence-corrected chi connectivity index (χ2v) is 4.87. The SMILES string of the molecule is CNC(=O)Cn1cc(NC(=O)c2cc(Cl)cc(OC)c2)cn1. The number of benzene rings is 1. The molecule has 22 heavy (non-hydrogen) atoms. The number of ether oxygens (including phenoxy) is 1. The number of halogens is 1. The first kappa shape index (κ1) is 15.8. The zero-order valence-corrected chi connectivity index (χ0v) is 12.8. The van der Waals surface area contributed by atoms with Crippen molar-refractivity contribution in [1.29, 1.82) is 0 Å². The summed E-state index contributed by atoms with van der Waals surface area (Å²) in [7, 11) is 3.04. The molecule has 2 rings (SSSR count). The van der Waals surface area contributed by atoms with Crippen LogP contribution < -0.4 is 15.4 Å². The van der Waals surface area contributed by atoms with Gasteiger partial charge in [0, 0.05) is 23.8 Å². The summed E-state index contributed by atoms with van der Waals surface area (Å²) in [6.45, 7) is 0.0807. The van der Waals surface area contributed by atoms with Gasteiger partial charge in [-0.15, -0.1) is 0 Å². The third kappa shape index (κ3) is 3.98. The number of carbonyl (C=O) groups excluding carboxylic acids is 2. The molecule has 0 unspecified atom stereocenters. The Labute approximate surface area is 132 Å². The van der Waals surface area contributed by atoms with Crippen LogP contribution in [0.4, 0.5) is 5.69 Å². The highest BCUT2D eigenvalue weighted by molar-refractivity contribution is 6.31. The molecule has 0 atom stereocenters. The van der Waals surface area contributed by atoms with E-state index >= 15 is 0 Å². The average molecular weight is 323 g/mol. The zero-order valence-electron chi connectivity index (χ0n) is 12.1. The fraction of sp³-hybridized carbons (Fsp3) is 0.214. The molecule has 1 aromatic heterocycles. The number of hydrogen-bond donors (Lipinski definition) is 2. The fourth-order valence-corrected chi connectivity index (χ4v) is 1.98. The summed E-state index contributed by atoms with van der Waals surface area (Å²) in [6.07, 6.45) is 3.03. The lowest BCUT2D eigenvalue weighted by Crippen LogP contribution is -2.23. The van der Waals surface area contributed by atoms with Crippen LogP contribution in [0.1, 0.15) is 10.4 Å². The van der Waals surface area contributed by atoms with Crippen molar-refractivity contribution in [3.05, 3.63) is 41.2 Å². The molecule has 7 nitrogen and oxygen atoms in total. The summed E-state index contributed by atoms with van der Waals surface area (Å²) >= 11 is 5.93. The monoisotopic (exact) mass is 322 g/mol. The molecule has 1 heterocycles. The van der Waals surface area contributed by atoms with E-state index in [1.807, 2.05) is 0 Å². The minimum Gasteiger partial charge on any atom is -0.497 e.